The van der Waals surface area contributed by atoms with Gasteiger partial charge < -0.3 is 9.31 Å². The predicted octanol–water partition coefficient (Wildman–Crippen LogP) is 3.40. The molecular formula is C10H19BBrClO2. The summed E-state index contributed by atoms with van der Waals surface area (Å²) < 4.78 is 11.7. The Morgan fingerprint density at radius 2 is 1.67 bits per heavy atom. The van der Waals surface area contributed by atoms with Gasteiger partial charge in [0.05, 0.1) is 16.5 Å². The van der Waals surface area contributed by atoms with Gasteiger partial charge in [0, 0.05) is 5.33 Å². The highest BCUT2D eigenvalue weighted by Crippen LogP contribution is 2.38. The van der Waals surface area contributed by atoms with Crippen LogP contribution in [-0.2, 0) is 9.31 Å². The van der Waals surface area contributed by atoms with Crippen molar-refractivity contribution in [2.75, 3.05) is 5.33 Å². The quantitative estimate of drug-likeness (QED) is 0.585. The van der Waals surface area contributed by atoms with Crippen molar-refractivity contribution in [1.29, 1.82) is 0 Å². The van der Waals surface area contributed by atoms with Gasteiger partial charge in [-0.25, -0.2) is 0 Å². The molecule has 2 nitrogen and oxygen atoms in total. The van der Waals surface area contributed by atoms with Crippen molar-refractivity contribution in [3.63, 3.8) is 0 Å². The number of hydrogen-bond donors (Lipinski definition) is 0. The van der Waals surface area contributed by atoms with E-state index in [4.69, 9.17) is 20.9 Å². The van der Waals surface area contributed by atoms with Gasteiger partial charge in [0.2, 0.25) is 0 Å². The van der Waals surface area contributed by atoms with Crippen LogP contribution in [0.25, 0.3) is 0 Å². The molecule has 0 amide bonds. The maximum absolute atomic E-state index is 6.25. The fraction of sp³-hybridized carbons (Fsp3) is 1.00. The molecule has 0 aliphatic carbocycles. The van der Waals surface area contributed by atoms with Gasteiger partial charge in [-0.15, -0.1) is 11.6 Å². The molecule has 0 saturated carbocycles. The summed E-state index contributed by atoms with van der Waals surface area (Å²) >= 11 is 9.64. The molecule has 1 atom stereocenters. The minimum Gasteiger partial charge on any atom is -0.402 e. The molecule has 1 heterocycles. The first-order chi connectivity index (χ1) is 6.80. The van der Waals surface area contributed by atoms with Crippen LogP contribution < -0.4 is 0 Å². The Morgan fingerprint density at radius 3 is 2.07 bits per heavy atom. The third-order valence-electron chi connectivity index (χ3n) is 3.18. The van der Waals surface area contributed by atoms with Crippen molar-refractivity contribution in [2.24, 2.45) is 0 Å². The highest BCUT2D eigenvalue weighted by molar-refractivity contribution is 9.09. The second kappa shape index (κ2) is 4.95. The van der Waals surface area contributed by atoms with E-state index >= 15 is 0 Å². The van der Waals surface area contributed by atoms with Gasteiger partial charge in [-0.1, -0.05) is 15.9 Å². The predicted molar refractivity (Wildman–Crippen MR) is 68.8 cm³/mol. The lowest BCUT2D eigenvalue weighted by Gasteiger charge is -2.32. The molecule has 0 aromatic rings. The van der Waals surface area contributed by atoms with E-state index < -0.39 is 0 Å². The average Bonchev–Trinajstić information content (AvgIpc) is 2.32. The monoisotopic (exact) mass is 296 g/mol. The second-order valence-corrected chi connectivity index (χ2v) is 6.33. The van der Waals surface area contributed by atoms with E-state index in [0.717, 1.165) is 18.2 Å². The van der Waals surface area contributed by atoms with E-state index in [9.17, 15) is 0 Å². The zero-order valence-corrected chi connectivity index (χ0v) is 12.2. The van der Waals surface area contributed by atoms with Crippen LogP contribution >= 0.6 is 27.5 Å². The molecule has 0 aromatic carbocycles. The van der Waals surface area contributed by atoms with Crippen LogP contribution in [0, 0.1) is 0 Å². The van der Waals surface area contributed by atoms with Crippen molar-refractivity contribution in [1.82, 2.24) is 0 Å². The van der Waals surface area contributed by atoms with Crippen LogP contribution in [-0.4, -0.2) is 28.9 Å². The minimum atomic E-state index is -0.282. The molecule has 1 fully saturated rings. The summed E-state index contributed by atoms with van der Waals surface area (Å²) in [6.07, 6.45) is 1.95. The van der Waals surface area contributed by atoms with E-state index in [1.807, 2.05) is 27.7 Å². The zero-order chi connectivity index (χ0) is 11.7. The number of alkyl halides is 2. The lowest BCUT2D eigenvalue weighted by Crippen LogP contribution is -2.41. The van der Waals surface area contributed by atoms with Gasteiger partial charge in [0.15, 0.2) is 0 Å². The standard InChI is InChI=1S/C10H19BBrClO2/c1-9(2)10(3,4)15-11(14-9)8(13)6-5-7-12/h8H,5-7H2,1-4H3. The summed E-state index contributed by atoms with van der Waals surface area (Å²) in [6, 6.07) is 0. The van der Waals surface area contributed by atoms with Gasteiger partial charge in [0.25, 0.3) is 0 Å². The number of hydrogen-bond acceptors (Lipinski definition) is 2. The molecule has 1 saturated heterocycles. The summed E-state index contributed by atoms with van der Waals surface area (Å²) in [5.41, 5.74) is -0.557. The molecule has 1 aliphatic heterocycles. The van der Waals surface area contributed by atoms with E-state index in [0.29, 0.717) is 0 Å². The molecule has 0 bridgehead atoms. The first kappa shape index (κ1) is 13.8. The van der Waals surface area contributed by atoms with Crippen LogP contribution in [0.5, 0.6) is 0 Å². The van der Waals surface area contributed by atoms with Crippen LogP contribution in [0.2, 0.25) is 0 Å². The van der Waals surface area contributed by atoms with Gasteiger partial charge in [-0.3, -0.25) is 0 Å². The Balaban J connectivity index is 2.54. The molecule has 0 spiro atoms. The molecular weight excluding hydrogens is 278 g/mol. The molecule has 1 unspecified atom stereocenters. The van der Waals surface area contributed by atoms with Crippen LogP contribution in [0.3, 0.4) is 0 Å². The van der Waals surface area contributed by atoms with E-state index in [-0.39, 0.29) is 23.6 Å². The highest BCUT2D eigenvalue weighted by Gasteiger charge is 2.53. The summed E-state index contributed by atoms with van der Waals surface area (Å²) in [6.45, 7) is 8.17. The van der Waals surface area contributed by atoms with Gasteiger partial charge in [-0.05, 0) is 40.5 Å². The average molecular weight is 297 g/mol. The molecule has 88 valence electrons. The zero-order valence-electron chi connectivity index (χ0n) is 9.85. The second-order valence-electron chi connectivity index (χ2n) is 4.97. The van der Waals surface area contributed by atoms with Crippen LogP contribution in [0.15, 0.2) is 0 Å². The Kier molecular flexibility index (Phi) is 4.56. The maximum atomic E-state index is 6.25. The van der Waals surface area contributed by atoms with Gasteiger partial charge in [0.1, 0.15) is 0 Å². The normalized spacial score (nSPS) is 25.6. The lowest BCUT2D eigenvalue weighted by atomic mass is 9.82. The van der Waals surface area contributed by atoms with Crippen molar-refractivity contribution in [3.05, 3.63) is 0 Å². The van der Waals surface area contributed by atoms with Gasteiger partial charge >= 0.3 is 7.12 Å². The van der Waals surface area contributed by atoms with Crippen molar-refractivity contribution in [2.45, 2.75) is 57.0 Å². The third kappa shape index (κ3) is 3.12. The minimum absolute atomic E-state index is 0.0661. The Labute approximate surface area is 106 Å². The van der Waals surface area contributed by atoms with Crippen molar-refractivity contribution >= 4 is 34.6 Å². The number of rotatable bonds is 4. The highest BCUT2D eigenvalue weighted by atomic mass is 79.9. The summed E-state index contributed by atoms with van der Waals surface area (Å²) in [5.74, 6) is 0. The van der Waals surface area contributed by atoms with E-state index in [1.54, 1.807) is 0 Å². The fourth-order valence-corrected chi connectivity index (χ4v) is 2.03. The molecule has 0 radical (unpaired) electrons. The van der Waals surface area contributed by atoms with E-state index in [2.05, 4.69) is 15.9 Å². The summed E-state index contributed by atoms with van der Waals surface area (Å²) in [4.78, 5) is 0. The Hall–Kier alpha value is 0.755. The molecule has 1 aliphatic rings. The first-order valence-corrected chi connectivity index (χ1v) is 6.91. The van der Waals surface area contributed by atoms with Crippen molar-refractivity contribution in [3.8, 4) is 0 Å². The summed E-state index contributed by atoms with van der Waals surface area (Å²) in [7, 11) is -0.282. The Morgan fingerprint density at radius 1 is 1.20 bits per heavy atom. The van der Waals surface area contributed by atoms with Gasteiger partial charge in [-0.2, -0.15) is 0 Å². The van der Waals surface area contributed by atoms with E-state index in [1.165, 1.54) is 0 Å². The van der Waals surface area contributed by atoms with Crippen molar-refractivity contribution < 1.29 is 9.31 Å². The molecule has 0 N–H and O–H groups in total. The molecule has 5 heteroatoms. The third-order valence-corrected chi connectivity index (χ3v) is 4.17. The molecule has 15 heavy (non-hydrogen) atoms. The maximum Gasteiger partial charge on any atom is 0.476 e. The molecule has 0 aromatic heterocycles. The summed E-state index contributed by atoms with van der Waals surface area (Å²) in [5, 5.41) is 0.902. The van der Waals surface area contributed by atoms with Crippen LogP contribution in [0.4, 0.5) is 0 Å². The van der Waals surface area contributed by atoms with Crippen LogP contribution in [0.1, 0.15) is 40.5 Å². The largest absolute Gasteiger partial charge is 0.476 e. The number of halogens is 2. The smallest absolute Gasteiger partial charge is 0.402 e. The SMILES string of the molecule is CC1(C)OB(C(Cl)CCCBr)OC1(C)C. The topological polar surface area (TPSA) is 18.5 Å². The fourth-order valence-electron chi connectivity index (χ4n) is 1.44. The lowest BCUT2D eigenvalue weighted by molar-refractivity contribution is 0.00578. The first-order valence-electron chi connectivity index (χ1n) is 5.36. The molecule has 1 rings (SSSR count). The Bertz CT molecular complexity index is 207.